The molecule has 0 N–H and O–H groups in total. The Morgan fingerprint density at radius 3 is 2.44 bits per heavy atom. The minimum atomic E-state index is -0.513. The van der Waals surface area contributed by atoms with Gasteiger partial charge >= 0.3 is 0 Å². The minimum Gasteiger partial charge on any atom is -0.481 e. The Hall–Kier alpha value is -1.91. The lowest BCUT2D eigenvalue weighted by Crippen LogP contribution is -2.53. The molecular formula is C17H21ClN4O2S. The van der Waals surface area contributed by atoms with Crippen molar-refractivity contribution in [1.82, 2.24) is 9.80 Å². The van der Waals surface area contributed by atoms with Crippen molar-refractivity contribution in [1.29, 1.82) is 5.26 Å². The van der Waals surface area contributed by atoms with Crippen LogP contribution in [0.5, 0.6) is 5.75 Å². The molecule has 25 heavy (non-hydrogen) atoms. The van der Waals surface area contributed by atoms with Crippen molar-refractivity contribution in [3.63, 3.8) is 0 Å². The Bertz CT molecular complexity index is 652. The van der Waals surface area contributed by atoms with Crippen LogP contribution < -0.4 is 4.74 Å². The largest absolute Gasteiger partial charge is 0.481 e. The van der Waals surface area contributed by atoms with E-state index in [0.29, 0.717) is 48.5 Å². The Morgan fingerprint density at radius 2 is 1.92 bits per heavy atom. The number of rotatable bonds is 4. The summed E-state index contributed by atoms with van der Waals surface area (Å²) in [6.45, 7) is 4.42. The topological polar surface area (TPSA) is 68.9 Å². The molecule has 1 atom stereocenters. The summed E-state index contributed by atoms with van der Waals surface area (Å²) in [5, 5.41) is 10.1. The smallest absolute Gasteiger partial charge is 0.263 e. The molecule has 1 aromatic rings. The average Bonchev–Trinajstić information content (AvgIpc) is 2.65. The highest BCUT2D eigenvalue weighted by Crippen LogP contribution is 2.19. The van der Waals surface area contributed by atoms with Crippen LogP contribution in [0.15, 0.2) is 29.3 Å². The van der Waals surface area contributed by atoms with Gasteiger partial charge in [0.1, 0.15) is 5.75 Å². The van der Waals surface area contributed by atoms with Crippen molar-refractivity contribution in [2.45, 2.75) is 19.4 Å². The van der Waals surface area contributed by atoms with Gasteiger partial charge < -0.3 is 14.5 Å². The zero-order chi connectivity index (χ0) is 18.2. The van der Waals surface area contributed by atoms with E-state index in [2.05, 4.69) is 4.99 Å². The van der Waals surface area contributed by atoms with Gasteiger partial charge in [0.25, 0.3) is 5.91 Å². The van der Waals surface area contributed by atoms with E-state index in [4.69, 9.17) is 21.6 Å². The van der Waals surface area contributed by atoms with Gasteiger partial charge in [-0.2, -0.15) is 5.26 Å². The maximum absolute atomic E-state index is 12.7. The second kappa shape index (κ2) is 9.54. The molecule has 1 unspecified atom stereocenters. The van der Waals surface area contributed by atoms with E-state index in [1.807, 2.05) is 29.2 Å². The predicted molar refractivity (Wildman–Crippen MR) is 101 cm³/mol. The van der Waals surface area contributed by atoms with Crippen molar-refractivity contribution >= 4 is 34.4 Å². The van der Waals surface area contributed by atoms with Crippen LogP contribution in [0.3, 0.4) is 0 Å². The number of piperazine rings is 1. The Labute approximate surface area is 157 Å². The maximum atomic E-state index is 12.7. The molecular weight excluding hydrogens is 360 g/mol. The molecule has 1 aliphatic heterocycles. The number of amides is 1. The van der Waals surface area contributed by atoms with Crippen LogP contribution in [0.25, 0.3) is 0 Å². The fourth-order valence-corrected chi connectivity index (χ4v) is 3.29. The zero-order valence-electron chi connectivity index (χ0n) is 14.3. The van der Waals surface area contributed by atoms with Crippen LogP contribution in [0, 0.1) is 11.5 Å². The normalized spacial score (nSPS) is 16.3. The van der Waals surface area contributed by atoms with Crippen LogP contribution in [0.1, 0.15) is 13.3 Å². The molecule has 8 heteroatoms. The molecule has 0 spiro atoms. The van der Waals surface area contributed by atoms with Gasteiger partial charge in [-0.15, -0.1) is 4.99 Å². The first-order valence-corrected chi connectivity index (χ1v) is 9.66. The minimum absolute atomic E-state index is 0.0139. The monoisotopic (exact) mass is 380 g/mol. The lowest BCUT2D eigenvalue weighted by Gasteiger charge is -2.37. The first-order valence-electron chi connectivity index (χ1n) is 8.05. The third kappa shape index (κ3) is 5.28. The highest BCUT2D eigenvalue weighted by atomic mass is 35.5. The number of amidine groups is 1. The van der Waals surface area contributed by atoms with E-state index in [-0.39, 0.29) is 5.91 Å². The second-order valence-electron chi connectivity index (χ2n) is 5.48. The summed E-state index contributed by atoms with van der Waals surface area (Å²) in [4.78, 5) is 20.4. The van der Waals surface area contributed by atoms with Gasteiger partial charge in [0.05, 0.1) is 0 Å². The average molecular weight is 381 g/mol. The second-order valence-corrected chi connectivity index (χ2v) is 6.69. The first-order chi connectivity index (χ1) is 12.1. The third-order valence-electron chi connectivity index (χ3n) is 3.93. The number of ether oxygens (including phenoxy) is 1. The first kappa shape index (κ1) is 19.4. The number of halogens is 1. The summed E-state index contributed by atoms with van der Waals surface area (Å²) in [6, 6.07) is 7.01. The number of nitrogens with zero attached hydrogens (tertiary/aromatic N) is 4. The Morgan fingerprint density at radius 1 is 1.32 bits per heavy atom. The molecule has 1 fully saturated rings. The van der Waals surface area contributed by atoms with Crippen molar-refractivity contribution in [2.24, 2.45) is 4.99 Å². The number of carbonyl (C=O) groups is 1. The maximum Gasteiger partial charge on any atom is 0.263 e. The lowest BCUT2D eigenvalue weighted by atomic mass is 10.2. The standard InChI is InChI=1S/C17H21ClN4O2S/c1-3-15(24-14-6-4-13(18)5-7-14)16(23)21-8-10-22(11-9-21)17(25-2)20-12-19/h4-7,15H,3,8-11H2,1-2H3. The molecule has 0 aliphatic carbocycles. The third-order valence-corrected chi connectivity index (χ3v) is 4.89. The van der Waals surface area contributed by atoms with Crippen LogP contribution in [-0.2, 0) is 4.79 Å². The number of nitriles is 1. The lowest BCUT2D eigenvalue weighted by molar-refractivity contribution is -0.140. The highest BCUT2D eigenvalue weighted by molar-refractivity contribution is 8.13. The van der Waals surface area contributed by atoms with Gasteiger partial charge in [-0.3, -0.25) is 4.79 Å². The number of hydrogen-bond donors (Lipinski definition) is 0. The van der Waals surface area contributed by atoms with Crippen LogP contribution >= 0.6 is 23.4 Å². The van der Waals surface area contributed by atoms with Gasteiger partial charge in [-0.05, 0) is 36.9 Å². The van der Waals surface area contributed by atoms with Crippen LogP contribution in [0.4, 0.5) is 0 Å². The number of carbonyl (C=O) groups excluding carboxylic acids is 1. The molecule has 1 amide bonds. The predicted octanol–water partition coefficient (Wildman–Crippen LogP) is 2.84. The van der Waals surface area contributed by atoms with Crippen LogP contribution in [0.2, 0.25) is 5.02 Å². The summed E-state index contributed by atoms with van der Waals surface area (Å²) < 4.78 is 5.83. The summed E-state index contributed by atoms with van der Waals surface area (Å²) >= 11 is 7.31. The summed E-state index contributed by atoms with van der Waals surface area (Å²) in [7, 11) is 0. The summed E-state index contributed by atoms with van der Waals surface area (Å²) in [5.41, 5.74) is 0. The molecule has 6 nitrogen and oxygen atoms in total. The SMILES string of the molecule is CCC(Oc1ccc(Cl)cc1)C(=O)N1CCN(C(=NC#N)SC)CC1. The highest BCUT2D eigenvalue weighted by Gasteiger charge is 2.28. The number of benzene rings is 1. The van der Waals surface area contributed by atoms with Crippen LogP contribution in [-0.4, -0.2) is 59.4 Å². The fourth-order valence-electron chi connectivity index (χ4n) is 2.60. The molecule has 1 aliphatic rings. The summed E-state index contributed by atoms with van der Waals surface area (Å²) in [6.07, 6.45) is 3.79. The van der Waals surface area contributed by atoms with Gasteiger partial charge in [0.2, 0.25) is 6.19 Å². The molecule has 0 radical (unpaired) electrons. The van der Waals surface area contributed by atoms with E-state index in [9.17, 15) is 4.79 Å². The van der Waals surface area contributed by atoms with E-state index in [0.717, 1.165) is 0 Å². The molecule has 1 saturated heterocycles. The molecule has 0 bridgehead atoms. The van der Waals surface area contributed by atoms with Gasteiger partial charge in [-0.25, -0.2) is 0 Å². The van der Waals surface area contributed by atoms with Gasteiger partial charge in [0.15, 0.2) is 11.3 Å². The molecule has 0 aromatic heterocycles. The number of thioether (sulfide) groups is 1. The van der Waals surface area contributed by atoms with E-state index in [1.54, 1.807) is 24.3 Å². The van der Waals surface area contributed by atoms with E-state index >= 15 is 0 Å². The molecule has 0 saturated carbocycles. The van der Waals surface area contributed by atoms with Crippen molar-refractivity contribution < 1.29 is 9.53 Å². The Balaban J connectivity index is 1.94. The van der Waals surface area contributed by atoms with Gasteiger partial charge in [0, 0.05) is 31.2 Å². The van der Waals surface area contributed by atoms with Crippen molar-refractivity contribution in [3.8, 4) is 11.9 Å². The number of aliphatic imine (C=N–C) groups is 1. The van der Waals surface area contributed by atoms with E-state index < -0.39 is 6.10 Å². The Kier molecular flexibility index (Phi) is 7.41. The van der Waals surface area contributed by atoms with Gasteiger partial charge in [-0.1, -0.05) is 30.3 Å². The molecule has 2 rings (SSSR count). The molecule has 1 aromatic carbocycles. The summed E-state index contributed by atoms with van der Waals surface area (Å²) in [5.74, 6) is 0.620. The number of hydrogen-bond acceptors (Lipinski definition) is 5. The van der Waals surface area contributed by atoms with Crippen molar-refractivity contribution in [3.05, 3.63) is 29.3 Å². The zero-order valence-corrected chi connectivity index (χ0v) is 15.9. The fraction of sp³-hybridized carbons (Fsp3) is 0.471. The van der Waals surface area contributed by atoms with Crippen molar-refractivity contribution in [2.75, 3.05) is 32.4 Å². The van der Waals surface area contributed by atoms with E-state index in [1.165, 1.54) is 11.8 Å². The molecule has 134 valence electrons. The quantitative estimate of drug-likeness (QED) is 0.456. The molecule has 1 heterocycles.